The average molecular weight is 1960 g/mol. The first-order valence-corrected chi connectivity index (χ1v) is 51.4. The Bertz CT molecular complexity index is 6100. The topological polar surface area (TPSA) is 274 Å². The molecule has 0 saturated carbocycles. The number of fused-ring (bicyclic) bond motifs is 4. The number of likely N-dealkylation sites (tertiary alicyclic amines) is 2. The van der Waals surface area contributed by atoms with Crippen LogP contribution in [0.25, 0.3) is 0 Å². The Morgan fingerprint density at radius 3 is 0.890 bits per heavy atom. The summed E-state index contributed by atoms with van der Waals surface area (Å²) in [5, 5.41) is 11.1. The minimum atomic E-state index is -0.485. The number of carbonyl (C=O) groups excluding carboxylic acids is 9. The molecule has 9 aromatic rings. The number of para-hydroxylation sites is 1. The largest absolute Gasteiger partial charge is 0.489 e. The van der Waals surface area contributed by atoms with E-state index >= 15 is 0 Å². The molecular weight excluding hydrogens is 1820 g/mol. The molecule has 12 aliphatic heterocycles. The van der Waals surface area contributed by atoms with Crippen molar-refractivity contribution >= 4 is 58.7 Å². The number of amides is 8. The predicted octanol–water partition coefficient (Wildman–Crippen LogP) is 14.6. The van der Waals surface area contributed by atoms with Gasteiger partial charge in [0.25, 0.3) is 23.6 Å². The van der Waals surface area contributed by atoms with Crippen molar-refractivity contribution in [3.63, 3.8) is 0 Å². The maximum absolute atomic E-state index is 13.1. The fourth-order valence-electron chi connectivity index (χ4n) is 21.6. The standard InChI is InChI=1S/C32H34N4O3.2C29H36N4O3.C27H29N3O4/c1-23-10-15-29(31(37)33-23)36-21-28-27(32(36)38)8-5-9-30(28)39-22-25-13-11-24(12-14-25)20-34-16-18-35(19-17-34)26-6-3-2-4-7-26;1-20-7-12-26(28(34)30-20)33-18-25-24(29(33)35)5-4-6-27(25)36-19-22-10-8-21(9-11-22)17-32-15-13-23(14-16-32)31(2)3;1-20(2)32-15-13-31(14-16-32)17-22-8-10-23(11-9-22)19-36-27-6-4-5-24-25(27)18-33(29(24)35)26-12-7-21(3)30-28(26)34;1-18-7-12-24(26(32)28-18)30-16-23-22(27(30)33)5-2-6-25(23)34-17-20-10-8-19(9-11-20)14-29-13-3-4-21(31)15-29/h2-9,11-14,29H,1,10,15-22H2,(H,33,37);4-6,8-11,23,26H,1,7,12-19H2,2-3H3,(H,30,34);4-6,8-11,20,26H,3,7,12-19H2,1-2H3,(H,30,34);2,5-6,8-11,24H,1,3-4,7,12-17H2,(H,28,32). The van der Waals surface area contributed by atoms with Gasteiger partial charge in [-0.2, -0.15) is 0 Å². The maximum Gasteiger partial charge on any atom is 0.255 e. The zero-order valence-corrected chi connectivity index (χ0v) is 84.0. The van der Waals surface area contributed by atoms with Crippen molar-refractivity contribution in [3.8, 4) is 23.0 Å². The molecule has 12 heterocycles. The molecule has 28 heteroatoms. The highest BCUT2D eigenvalue weighted by atomic mass is 16.5. The predicted molar refractivity (Wildman–Crippen MR) is 557 cm³/mol. The molecule has 8 fully saturated rings. The number of hydrogen-bond acceptors (Lipinski definition) is 20. The molecule has 145 heavy (non-hydrogen) atoms. The number of Topliss-reactive ketones (excluding diaryl/α,β-unsaturated/α-hetero) is 1. The molecule has 21 rings (SSSR count). The molecular formula is C117H135N15O13. The van der Waals surface area contributed by atoms with Crippen LogP contribution in [-0.2, 0) is 103 Å². The van der Waals surface area contributed by atoms with Crippen LogP contribution < -0.4 is 45.1 Å². The Labute approximate surface area is 851 Å². The van der Waals surface area contributed by atoms with Crippen LogP contribution >= 0.6 is 0 Å². The van der Waals surface area contributed by atoms with Gasteiger partial charge in [0.05, 0.1) is 32.7 Å². The van der Waals surface area contributed by atoms with Gasteiger partial charge >= 0.3 is 0 Å². The molecule has 28 nitrogen and oxygen atoms in total. The minimum absolute atomic E-state index is 0.109. The van der Waals surface area contributed by atoms with E-state index in [0.29, 0.717) is 203 Å². The summed E-state index contributed by atoms with van der Waals surface area (Å²) >= 11 is 0. The number of piperazine rings is 2. The Morgan fingerprint density at radius 2 is 0.600 bits per heavy atom. The number of carbonyl (C=O) groups is 9. The van der Waals surface area contributed by atoms with Crippen molar-refractivity contribution in [1.82, 2.24) is 70.3 Å². The van der Waals surface area contributed by atoms with E-state index in [2.05, 4.69) is 225 Å². The summed E-state index contributed by atoms with van der Waals surface area (Å²) in [6.45, 7) is 39.1. The van der Waals surface area contributed by atoms with E-state index in [9.17, 15) is 43.2 Å². The zero-order valence-electron chi connectivity index (χ0n) is 84.0. The molecule has 0 spiro atoms. The van der Waals surface area contributed by atoms with E-state index < -0.39 is 24.2 Å². The van der Waals surface area contributed by atoms with Crippen LogP contribution in [0.2, 0.25) is 0 Å². The highest BCUT2D eigenvalue weighted by Crippen LogP contribution is 2.41. The van der Waals surface area contributed by atoms with Crippen LogP contribution in [0.5, 0.6) is 23.0 Å². The normalized spacial score (nSPS) is 20.7. The number of nitrogens with one attached hydrogen (secondary N) is 4. The quantitative estimate of drug-likeness (QED) is 0.0372. The minimum Gasteiger partial charge on any atom is -0.489 e. The van der Waals surface area contributed by atoms with E-state index in [0.717, 1.165) is 149 Å². The van der Waals surface area contributed by atoms with Crippen molar-refractivity contribution < 1.29 is 62.1 Å². The third kappa shape index (κ3) is 24.7. The summed E-state index contributed by atoms with van der Waals surface area (Å²) < 4.78 is 24.7. The fraction of sp³-hybridized carbons (Fsp3) is 0.393. The lowest BCUT2D eigenvalue weighted by Gasteiger charge is -2.36. The number of allylic oxidation sites excluding steroid dienone is 4. The van der Waals surface area contributed by atoms with Gasteiger partial charge in [-0.3, -0.25) is 67.7 Å². The molecule has 756 valence electrons. The van der Waals surface area contributed by atoms with E-state index in [-0.39, 0.29) is 47.3 Å². The van der Waals surface area contributed by atoms with Crippen LogP contribution in [0.15, 0.2) is 249 Å². The van der Waals surface area contributed by atoms with Crippen LogP contribution in [0.1, 0.15) is 199 Å². The Morgan fingerprint density at radius 1 is 0.310 bits per heavy atom. The summed E-state index contributed by atoms with van der Waals surface area (Å²) in [5.74, 6) is 1.99. The number of rotatable bonds is 27. The number of benzene rings is 9. The number of anilines is 1. The van der Waals surface area contributed by atoms with Crippen molar-refractivity contribution in [2.75, 3.05) is 97.5 Å². The molecule has 0 bridgehead atoms. The molecule has 9 aromatic carbocycles. The van der Waals surface area contributed by atoms with Crippen molar-refractivity contribution in [1.29, 1.82) is 0 Å². The number of ketones is 1. The summed E-state index contributed by atoms with van der Waals surface area (Å²) in [6.07, 6.45) is 9.17. The van der Waals surface area contributed by atoms with Gasteiger partial charge in [-0.1, -0.05) is 166 Å². The summed E-state index contributed by atoms with van der Waals surface area (Å²) in [7, 11) is 4.34. The summed E-state index contributed by atoms with van der Waals surface area (Å²) in [5.41, 5.74) is 19.4. The molecule has 0 aliphatic carbocycles. The van der Waals surface area contributed by atoms with E-state index in [4.69, 9.17) is 18.9 Å². The monoisotopic (exact) mass is 1960 g/mol. The van der Waals surface area contributed by atoms with Gasteiger partial charge in [0.1, 0.15) is 79.4 Å². The molecule has 8 amide bonds. The Balaban J connectivity index is 0.000000127. The molecule has 0 aromatic heterocycles. The lowest BCUT2D eigenvalue weighted by Crippen LogP contribution is -2.49. The number of nitrogens with zero attached hydrogens (tertiary/aromatic N) is 11. The molecule has 4 unspecified atom stereocenters. The molecule has 8 saturated heterocycles. The van der Waals surface area contributed by atoms with Crippen LogP contribution in [0, 0.1) is 0 Å². The average Bonchev–Trinajstić information content (AvgIpc) is 1.63. The number of ether oxygens (including phenoxy) is 4. The third-order valence-electron chi connectivity index (χ3n) is 30.1. The SMILES string of the molecule is C=C1CCC(N2Cc3c(OCc4ccc(CN5CCC(N(C)C)CC5)cc4)cccc3C2=O)C(=O)N1.C=C1CCC(N2Cc3c(OCc4ccc(CN5CCCC(=O)C5)cc4)cccc3C2=O)C(=O)N1.C=C1CCC(N2Cc3c(OCc4ccc(CN5CCN(C(C)C)CC5)cc4)cccc3C2=O)C(=O)N1.C=C1CCC(N2Cc3c(OCc4ccc(CN5CCN(c6ccccc6)CC5)cc4)cccc3C2=O)C(=O)N1. The molecule has 12 aliphatic rings. The van der Waals surface area contributed by atoms with Gasteiger partial charge in [-0.15, -0.1) is 0 Å². The van der Waals surface area contributed by atoms with Crippen LogP contribution in [0.4, 0.5) is 5.69 Å². The molecule has 4 N–H and O–H groups in total. The molecule has 4 atom stereocenters. The van der Waals surface area contributed by atoms with Crippen molar-refractivity contribution in [3.05, 3.63) is 338 Å². The fourth-order valence-corrected chi connectivity index (χ4v) is 21.6. The second kappa shape index (κ2) is 46.5. The maximum atomic E-state index is 13.1. The van der Waals surface area contributed by atoms with Crippen molar-refractivity contribution in [2.45, 2.75) is 206 Å². The third-order valence-corrected chi connectivity index (χ3v) is 30.1. The van der Waals surface area contributed by atoms with Gasteiger partial charge in [0.15, 0.2) is 0 Å². The summed E-state index contributed by atoms with van der Waals surface area (Å²) in [6, 6.07) is 66.3. The van der Waals surface area contributed by atoms with Crippen molar-refractivity contribution in [2.24, 2.45) is 0 Å². The van der Waals surface area contributed by atoms with Gasteiger partial charge in [-0.05, 0) is 223 Å². The van der Waals surface area contributed by atoms with Gasteiger partial charge in [-0.25, -0.2) is 0 Å². The highest BCUT2D eigenvalue weighted by Gasteiger charge is 2.45. The van der Waals surface area contributed by atoms with Gasteiger partial charge in [0.2, 0.25) is 23.6 Å². The van der Waals surface area contributed by atoms with E-state index in [1.807, 2.05) is 78.9 Å². The van der Waals surface area contributed by atoms with Gasteiger partial charge < -0.3 is 69.6 Å². The van der Waals surface area contributed by atoms with Crippen LogP contribution in [-0.4, -0.2) is 231 Å². The number of hydrogen-bond donors (Lipinski definition) is 4. The zero-order chi connectivity index (χ0) is 101. The first-order valence-electron chi connectivity index (χ1n) is 51.4. The molecule has 0 radical (unpaired) electrons. The van der Waals surface area contributed by atoms with Gasteiger partial charge in [0, 0.05) is 170 Å². The van der Waals surface area contributed by atoms with E-state index in [1.165, 1.54) is 40.8 Å². The second-order valence-corrected chi connectivity index (χ2v) is 40.7. The smallest absolute Gasteiger partial charge is 0.255 e. The Hall–Kier alpha value is -13.9. The Kier molecular flexibility index (Phi) is 32.4. The highest BCUT2D eigenvalue weighted by molar-refractivity contribution is 6.05. The lowest BCUT2D eigenvalue weighted by atomic mass is 10.0. The van der Waals surface area contributed by atoms with E-state index in [1.54, 1.807) is 25.7 Å². The summed E-state index contributed by atoms with van der Waals surface area (Å²) in [4.78, 5) is 137. The van der Waals surface area contributed by atoms with Crippen LogP contribution in [0.3, 0.4) is 0 Å². The first-order chi connectivity index (χ1) is 70.3. The second-order valence-electron chi connectivity index (χ2n) is 40.7. The number of piperidine rings is 6. The lowest BCUT2D eigenvalue weighted by molar-refractivity contribution is -0.127. The first kappa shape index (κ1) is 101.